The summed E-state index contributed by atoms with van der Waals surface area (Å²) in [5.74, 6) is 1.05. The summed E-state index contributed by atoms with van der Waals surface area (Å²) < 4.78 is 6.53. The fourth-order valence-corrected chi connectivity index (χ4v) is 8.13. The Labute approximate surface area is 220 Å². The lowest BCUT2D eigenvalue weighted by Gasteiger charge is -2.39. The summed E-state index contributed by atoms with van der Waals surface area (Å²) in [5, 5.41) is 12.8. The number of ether oxygens (including phenoxy) is 1. The highest BCUT2D eigenvalue weighted by Crippen LogP contribution is 2.49. The lowest BCUT2D eigenvalue weighted by atomic mass is 9.69. The summed E-state index contributed by atoms with van der Waals surface area (Å²) in [6, 6.07) is 12.1. The predicted octanol–water partition coefficient (Wildman–Crippen LogP) is 3.55. The van der Waals surface area contributed by atoms with Crippen LogP contribution in [0.25, 0.3) is 0 Å². The molecule has 2 aliphatic carbocycles. The van der Waals surface area contributed by atoms with Gasteiger partial charge in [0.25, 0.3) is 0 Å². The smallest absolute Gasteiger partial charge is 0.318 e. The Morgan fingerprint density at radius 3 is 2.76 bits per heavy atom. The highest BCUT2D eigenvalue weighted by Gasteiger charge is 2.46. The van der Waals surface area contributed by atoms with E-state index in [1.165, 1.54) is 74.0 Å². The molecule has 3 fully saturated rings. The first-order valence-electron chi connectivity index (χ1n) is 14.4. The number of fused-ring (bicyclic) bond motifs is 4. The van der Waals surface area contributed by atoms with E-state index >= 15 is 0 Å². The molecule has 1 aromatic carbocycles. The van der Waals surface area contributed by atoms with Crippen LogP contribution >= 0.6 is 0 Å². The van der Waals surface area contributed by atoms with Crippen molar-refractivity contribution < 1.29 is 4.74 Å². The zero-order valence-corrected chi connectivity index (χ0v) is 21.8. The van der Waals surface area contributed by atoms with E-state index in [0.717, 1.165) is 44.7 Å². The number of hydrogen-bond acceptors (Lipinski definition) is 7. The van der Waals surface area contributed by atoms with Crippen molar-refractivity contribution in [2.24, 2.45) is 0 Å². The fourth-order valence-electron chi connectivity index (χ4n) is 8.13. The standard InChI is InChI=1S/C30H38N6O/c31-14-9-23-20-35(18-15-32-23)27-24-8-13-29(12-7-22-5-1-2-6-25(22)29)19-26(24)33-28(34-27)37-21-30-10-3-16-36(30)17-4-11-30/h1-2,5-6,23,32H,3-4,7-13,15-21H2/t23-,29?/m0/s1. The second-order valence-corrected chi connectivity index (χ2v) is 12.0. The van der Waals surface area contributed by atoms with Crippen molar-refractivity contribution in [3.63, 3.8) is 0 Å². The van der Waals surface area contributed by atoms with Crippen molar-refractivity contribution in [2.45, 2.75) is 81.2 Å². The third-order valence-electron chi connectivity index (χ3n) is 10.0. The minimum Gasteiger partial charge on any atom is -0.461 e. The van der Waals surface area contributed by atoms with E-state index < -0.39 is 0 Å². The Balaban J connectivity index is 1.22. The molecule has 1 spiro atoms. The number of nitrogens with zero attached hydrogens (tertiary/aromatic N) is 5. The van der Waals surface area contributed by atoms with E-state index in [2.05, 4.69) is 45.5 Å². The molecule has 0 bridgehead atoms. The van der Waals surface area contributed by atoms with Gasteiger partial charge in [-0.25, -0.2) is 0 Å². The first-order valence-corrected chi connectivity index (χ1v) is 14.4. The van der Waals surface area contributed by atoms with Gasteiger partial charge >= 0.3 is 6.01 Å². The first kappa shape index (κ1) is 23.4. The fraction of sp³-hybridized carbons (Fsp3) is 0.633. The number of nitrogens with one attached hydrogen (secondary N) is 1. The topological polar surface area (TPSA) is 77.3 Å². The van der Waals surface area contributed by atoms with Gasteiger partial charge in [-0.3, -0.25) is 4.90 Å². The van der Waals surface area contributed by atoms with Gasteiger partial charge < -0.3 is 15.0 Å². The van der Waals surface area contributed by atoms with E-state index in [4.69, 9.17) is 14.7 Å². The van der Waals surface area contributed by atoms with Crippen molar-refractivity contribution >= 4 is 5.82 Å². The molecular weight excluding hydrogens is 460 g/mol. The Kier molecular flexibility index (Phi) is 5.86. The number of aromatic nitrogens is 2. The molecule has 5 aliphatic rings. The van der Waals surface area contributed by atoms with Crippen LogP contribution in [0.2, 0.25) is 0 Å². The molecule has 4 heterocycles. The Morgan fingerprint density at radius 1 is 1.05 bits per heavy atom. The summed E-state index contributed by atoms with van der Waals surface area (Å²) in [6.07, 6.45) is 11.0. The van der Waals surface area contributed by atoms with Gasteiger partial charge in [-0.05, 0) is 82.0 Å². The highest BCUT2D eigenvalue weighted by atomic mass is 16.5. The summed E-state index contributed by atoms with van der Waals surface area (Å²) in [6.45, 7) is 5.67. The van der Waals surface area contributed by atoms with Gasteiger partial charge in [-0.15, -0.1) is 0 Å². The summed E-state index contributed by atoms with van der Waals surface area (Å²) in [7, 11) is 0. The van der Waals surface area contributed by atoms with Gasteiger partial charge in [0.2, 0.25) is 0 Å². The predicted molar refractivity (Wildman–Crippen MR) is 143 cm³/mol. The van der Waals surface area contributed by atoms with Crippen LogP contribution in [0.1, 0.15) is 67.3 Å². The molecule has 37 heavy (non-hydrogen) atoms. The van der Waals surface area contributed by atoms with Crippen LogP contribution in [0.5, 0.6) is 6.01 Å². The van der Waals surface area contributed by atoms with Crippen molar-refractivity contribution in [3.8, 4) is 12.1 Å². The molecule has 0 saturated carbocycles. The zero-order valence-electron chi connectivity index (χ0n) is 21.8. The maximum absolute atomic E-state index is 9.30. The molecule has 3 aliphatic heterocycles. The maximum atomic E-state index is 9.30. The molecule has 0 radical (unpaired) electrons. The number of anilines is 1. The van der Waals surface area contributed by atoms with Gasteiger partial charge in [0.15, 0.2) is 0 Å². The minimum atomic E-state index is 0.176. The monoisotopic (exact) mass is 498 g/mol. The average molecular weight is 499 g/mol. The summed E-state index contributed by atoms with van der Waals surface area (Å²) in [5.41, 5.74) is 5.90. The van der Waals surface area contributed by atoms with Gasteiger partial charge in [-0.2, -0.15) is 15.2 Å². The number of benzene rings is 1. The zero-order chi connectivity index (χ0) is 24.9. The Hall–Kier alpha value is -2.69. The molecule has 7 rings (SSSR count). The molecule has 1 unspecified atom stereocenters. The van der Waals surface area contributed by atoms with Crippen LogP contribution in [0.4, 0.5) is 5.82 Å². The lowest BCUT2D eigenvalue weighted by molar-refractivity contribution is 0.107. The average Bonchev–Trinajstić information content (AvgIpc) is 3.61. The molecule has 7 nitrogen and oxygen atoms in total. The molecule has 0 amide bonds. The second-order valence-electron chi connectivity index (χ2n) is 12.0. The molecule has 7 heteroatoms. The van der Waals surface area contributed by atoms with Crippen molar-refractivity contribution in [3.05, 3.63) is 46.6 Å². The molecule has 194 valence electrons. The van der Waals surface area contributed by atoms with Crippen molar-refractivity contribution in [2.75, 3.05) is 44.2 Å². The Bertz CT molecular complexity index is 1210. The van der Waals surface area contributed by atoms with E-state index in [0.29, 0.717) is 19.0 Å². The molecular formula is C30H38N6O. The summed E-state index contributed by atoms with van der Waals surface area (Å²) in [4.78, 5) is 15.3. The number of rotatable bonds is 5. The van der Waals surface area contributed by atoms with Gasteiger partial charge in [0, 0.05) is 36.7 Å². The highest BCUT2D eigenvalue weighted by molar-refractivity contribution is 5.54. The third kappa shape index (κ3) is 4.00. The summed E-state index contributed by atoms with van der Waals surface area (Å²) >= 11 is 0. The lowest BCUT2D eigenvalue weighted by Crippen LogP contribution is -2.51. The molecule has 1 N–H and O–H groups in total. The molecule has 3 saturated heterocycles. The SMILES string of the molecule is N#CC[C@H]1CN(c2nc(OCC34CCCN3CCC4)nc3c2CCC2(CCc4ccccc42)C3)CCN1. The van der Waals surface area contributed by atoms with E-state index in [-0.39, 0.29) is 17.0 Å². The normalized spacial score (nSPS) is 28.1. The quantitative estimate of drug-likeness (QED) is 0.676. The largest absolute Gasteiger partial charge is 0.461 e. The van der Waals surface area contributed by atoms with Gasteiger partial charge in [0.1, 0.15) is 12.4 Å². The first-order chi connectivity index (χ1) is 18.2. The molecule has 2 aromatic rings. The van der Waals surface area contributed by atoms with E-state index in [9.17, 15) is 5.26 Å². The number of piperazine rings is 1. The van der Waals surface area contributed by atoms with E-state index in [1.54, 1.807) is 0 Å². The molecule has 1 aromatic heterocycles. The third-order valence-corrected chi connectivity index (χ3v) is 10.0. The van der Waals surface area contributed by atoms with Crippen molar-refractivity contribution in [1.29, 1.82) is 5.26 Å². The number of aryl methyl sites for hydroxylation is 1. The van der Waals surface area contributed by atoms with Crippen LogP contribution in [0.3, 0.4) is 0 Å². The van der Waals surface area contributed by atoms with E-state index in [1.807, 2.05) is 0 Å². The number of nitriles is 1. The second kappa shape index (κ2) is 9.25. The van der Waals surface area contributed by atoms with Gasteiger partial charge in [0.05, 0.1) is 23.7 Å². The van der Waals surface area contributed by atoms with Gasteiger partial charge in [-0.1, -0.05) is 24.3 Å². The van der Waals surface area contributed by atoms with Crippen LogP contribution in [0.15, 0.2) is 24.3 Å². The van der Waals surface area contributed by atoms with Crippen LogP contribution < -0.4 is 15.0 Å². The minimum absolute atomic E-state index is 0.176. The van der Waals surface area contributed by atoms with Crippen LogP contribution in [-0.2, 0) is 24.7 Å². The maximum Gasteiger partial charge on any atom is 0.318 e. The molecule has 2 atom stereocenters. The van der Waals surface area contributed by atoms with Crippen molar-refractivity contribution in [1.82, 2.24) is 20.2 Å². The van der Waals surface area contributed by atoms with Crippen LogP contribution in [-0.4, -0.2) is 65.8 Å². The number of hydrogen-bond donors (Lipinski definition) is 1. The van der Waals surface area contributed by atoms with Crippen LogP contribution in [0, 0.1) is 11.3 Å². The Morgan fingerprint density at radius 2 is 1.89 bits per heavy atom.